The Morgan fingerprint density at radius 3 is 2.42 bits per heavy atom. The molecule has 0 rings (SSSR count). The summed E-state index contributed by atoms with van der Waals surface area (Å²) in [4.78, 5) is 0. The van der Waals surface area contributed by atoms with E-state index in [4.69, 9.17) is 12.2 Å². The minimum atomic E-state index is 0.921. The smallest absolute Gasteiger partial charge is 0.0659 e. The van der Waals surface area contributed by atoms with Crippen LogP contribution in [0.1, 0.15) is 6.92 Å². The lowest BCUT2D eigenvalue weighted by molar-refractivity contribution is 0.958. The summed E-state index contributed by atoms with van der Waals surface area (Å²) in [5.41, 5.74) is 3.39. The fraction of sp³-hybridized carbons (Fsp3) is 0.222. The van der Waals surface area contributed by atoms with Gasteiger partial charge in [0.1, 0.15) is 0 Å². The van der Waals surface area contributed by atoms with Crippen molar-refractivity contribution in [1.82, 2.24) is 10.6 Å². The summed E-state index contributed by atoms with van der Waals surface area (Å²) in [5, 5.41) is 5.97. The molecule has 0 amide bonds. The molecule has 0 heterocycles. The molecule has 0 atom stereocenters. The van der Waals surface area contributed by atoms with Crippen LogP contribution in [-0.4, -0.2) is 12.5 Å². The van der Waals surface area contributed by atoms with E-state index in [1.807, 2.05) is 26.1 Å². The number of likely N-dealkylation sites (N-methyl/N-ethyl adjacent to an activating group) is 1. The molecule has 0 aliphatic rings. The predicted molar refractivity (Wildman–Crippen MR) is 57.9 cm³/mol. The van der Waals surface area contributed by atoms with Crippen LogP contribution in [0.3, 0.4) is 0 Å². The third-order valence-electron chi connectivity index (χ3n) is 1.35. The van der Waals surface area contributed by atoms with Gasteiger partial charge in [-0.15, -0.1) is 0 Å². The van der Waals surface area contributed by atoms with Gasteiger partial charge in [-0.3, -0.25) is 0 Å². The van der Waals surface area contributed by atoms with E-state index in [1.54, 1.807) is 6.08 Å². The highest BCUT2D eigenvalue weighted by Gasteiger charge is 1.97. The van der Waals surface area contributed by atoms with Crippen molar-refractivity contribution in [2.24, 2.45) is 0 Å². The summed E-state index contributed by atoms with van der Waals surface area (Å²) >= 11 is 4.69. The van der Waals surface area contributed by atoms with Crippen LogP contribution in [0.5, 0.6) is 0 Å². The minimum absolute atomic E-state index is 0.921. The molecule has 0 unspecified atom stereocenters. The van der Waals surface area contributed by atoms with Gasteiger partial charge in [0, 0.05) is 7.05 Å². The molecule has 2 nitrogen and oxygen atoms in total. The zero-order chi connectivity index (χ0) is 9.40. The summed E-state index contributed by atoms with van der Waals surface area (Å²) in [6.45, 7) is 5.57. The van der Waals surface area contributed by atoms with Gasteiger partial charge in [0.2, 0.25) is 0 Å². The largest absolute Gasteiger partial charge is 0.387 e. The molecule has 0 aliphatic heterocycles. The number of allylic oxidation sites excluding steroid dienone is 3. The summed E-state index contributed by atoms with van der Waals surface area (Å²) in [5.74, 6) is 0. The van der Waals surface area contributed by atoms with Crippen LogP contribution in [-0.2, 0) is 0 Å². The molecule has 0 radical (unpaired) electrons. The standard InChI is InChI=1S/C9H14N2S/c1-4-6-9(11-7-12)8(5-2)10-3/h4-7,10H,1H2,2-3H3,(H,11,12)/b8-5+,9-6+. The average molecular weight is 182 g/mol. The van der Waals surface area contributed by atoms with Crippen LogP contribution >= 0.6 is 12.2 Å². The van der Waals surface area contributed by atoms with E-state index in [0.29, 0.717) is 0 Å². The van der Waals surface area contributed by atoms with Gasteiger partial charge in [-0.05, 0) is 13.0 Å². The van der Waals surface area contributed by atoms with E-state index < -0.39 is 0 Å². The summed E-state index contributed by atoms with van der Waals surface area (Å²) in [6.07, 6.45) is 5.53. The zero-order valence-electron chi connectivity index (χ0n) is 7.42. The average Bonchev–Trinajstić information content (AvgIpc) is 2.07. The molecule has 2 N–H and O–H groups in total. The normalized spacial score (nSPS) is 12.2. The Balaban J connectivity index is 4.59. The lowest BCUT2D eigenvalue weighted by Crippen LogP contribution is -2.18. The second-order valence-electron chi connectivity index (χ2n) is 2.03. The first-order chi connectivity index (χ1) is 5.79. The van der Waals surface area contributed by atoms with Gasteiger partial charge in [-0.2, -0.15) is 0 Å². The van der Waals surface area contributed by atoms with Crippen LogP contribution in [0.2, 0.25) is 0 Å². The highest BCUT2D eigenvalue weighted by molar-refractivity contribution is 7.78. The topological polar surface area (TPSA) is 24.1 Å². The molecule has 66 valence electrons. The molecule has 0 bridgehead atoms. The highest BCUT2D eigenvalue weighted by Crippen LogP contribution is 2.01. The molecule has 0 aliphatic carbocycles. The van der Waals surface area contributed by atoms with E-state index >= 15 is 0 Å². The maximum atomic E-state index is 4.69. The van der Waals surface area contributed by atoms with Crippen molar-refractivity contribution in [3.05, 3.63) is 36.2 Å². The zero-order valence-corrected chi connectivity index (χ0v) is 8.24. The second kappa shape index (κ2) is 6.61. The van der Waals surface area contributed by atoms with E-state index in [1.165, 1.54) is 5.49 Å². The Morgan fingerprint density at radius 1 is 1.42 bits per heavy atom. The Bertz CT molecular complexity index is 217. The van der Waals surface area contributed by atoms with Gasteiger partial charge < -0.3 is 10.6 Å². The van der Waals surface area contributed by atoms with Crippen LogP contribution in [0, 0.1) is 0 Å². The third kappa shape index (κ3) is 3.34. The van der Waals surface area contributed by atoms with Crippen LogP contribution in [0.25, 0.3) is 0 Å². The fourth-order valence-electron chi connectivity index (χ4n) is 0.831. The monoisotopic (exact) mass is 182 g/mol. The predicted octanol–water partition coefficient (Wildman–Crippen LogP) is 1.73. The molecule has 0 saturated carbocycles. The van der Waals surface area contributed by atoms with E-state index in [0.717, 1.165) is 11.4 Å². The van der Waals surface area contributed by atoms with E-state index in [9.17, 15) is 0 Å². The molecule has 0 aromatic carbocycles. The second-order valence-corrected chi connectivity index (χ2v) is 2.27. The van der Waals surface area contributed by atoms with Gasteiger partial charge in [0.05, 0.1) is 16.9 Å². The first kappa shape index (κ1) is 10.9. The molecule has 0 saturated heterocycles. The Kier molecular flexibility index (Phi) is 6.01. The highest BCUT2D eigenvalue weighted by atomic mass is 32.1. The first-order valence-corrected chi connectivity index (χ1v) is 4.14. The van der Waals surface area contributed by atoms with Gasteiger partial charge in [0.15, 0.2) is 0 Å². The van der Waals surface area contributed by atoms with Crippen molar-refractivity contribution >= 4 is 17.7 Å². The van der Waals surface area contributed by atoms with Crippen molar-refractivity contribution in [3.8, 4) is 0 Å². The molecular weight excluding hydrogens is 168 g/mol. The van der Waals surface area contributed by atoms with Crippen molar-refractivity contribution in [3.63, 3.8) is 0 Å². The van der Waals surface area contributed by atoms with Crippen molar-refractivity contribution < 1.29 is 0 Å². The van der Waals surface area contributed by atoms with Crippen molar-refractivity contribution in [1.29, 1.82) is 0 Å². The van der Waals surface area contributed by atoms with Crippen LogP contribution in [0.4, 0.5) is 0 Å². The summed E-state index contributed by atoms with van der Waals surface area (Å²) in [7, 11) is 1.86. The summed E-state index contributed by atoms with van der Waals surface area (Å²) < 4.78 is 0. The van der Waals surface area contributed by atoms with Crippen LogP contribution in [0.15, 0.2) is 36.2 Å². The SMILES string of the molecule is C=C/C=C(NC=S)\C(=C/C)NC. The molecule has 12 heavy (non-hydrogen) atoms. The molecule has 3 heteroatoms. The van der Waals surface area contributed by atoms with Gasteiger partial charge >= 0.3 is 0 Å². The van der Waals surface area contributed by atoms with E-state index in [2.05, 4.69) is 17.2 Å². The van der Waals surface area contributed by atoms with Crippen molar-refractivity contribution in [2.75, 3.05) is 7.05 Å². The lowest BCUT2D eigenvalue weighted by atomic mass is 10.3. The minimum Gasteiger partial charge on any atom is -0.387 e. The van der Waals surface area contributed by atoms with Gasteiger partial charge in [-0.25, -0.2) is 0 Å². The molecule has 0 fully saturated rings. The fourth-order valence-corrected chi connectivity index (χ4v) is 0.958. The summed E-state index contributed by atoms with van der Waals surface area (Å²) in [6, 6.07) is 0. The Labute approximate surface area is 79.0 Å². The maximum Gasteiger partial charge on any atom is 0.0659 e. The van der Waals surface area contributed by atoms with Gasteiger partial charge in [-0.1, -0.05) is 30.9 Å². The molecule has 0 spiro atoms. The third-order valence-corrected chi connectivity index (χ3v) is 1.46. The first-order valence-electron chi connectivity index (χ1n) is 3.67. The van der Waals surface area contributed by atoms with E-state index in [-0.39, 0.29) is 0 Å². The lowest BCUT2D eigenvalue weighted by Gasteiger charge is -2.09. The Hall–Kier alpha value is -1.09. The number of thiocarbonyl (C=S) groups is 1. The number of rotatable bonds is 5. The van der Waals surface area contributed by atoms with Crippen molar-refractivity contribution in [2.45, 2.75) is 6.92 Å². The maximum absolute atomic E-state index is 4.69. The number of hydrogen-bond donors (Lipinski definition) is 2. The number of hydrogen-bond acceptors (Lipinski definition) is 2. The van der Waals surface area contributed by atoms with Crippen LogP contribution < -0.4 is 10.6 Å². The molecule has 0 aromatic heterocycles. The number of nitrogens with one attached hydrogen (secondary N) is 2. The Morgan fingerprint density at radius 2 is 2.08 bits per heavy atom. The molecule has 0 aromatic rings. The molecular formula is C9H14N2S. The van der Waals surface area contributed by atoms with Gasteiger partial charge in [0.25, 0.3) is 0 Å². The quantitative estimate of drug-likeness (QED) is 0.500.